The van der Waals surface area contributed by atoms with Gasteiger partial charge >= 0.3 is 0 Å². The summed E-state index contributed by atoms with van der Waals surface area (Å²) in [6.45, 7) is 5.91. The van der Waals surface area contributed by atoms with Gasteiger partial charge in [-0.25, -0.2) is 9.97 Å². The lowest BCUT2D eigenvalue weighted by Crippen LogP contribution is -2.25. The first-order chi connectivity index (χ1) is 15.3. The van der Waals surface area contributed by atoms with E-state index in [1.807, 2.05) is 57.2 Å². The largest absolute Gasteiger partial charge is 0.497 e. The average Bonchev–Trinajstić information content (AvgIpc) is 2.79. The molecule has 4 aromatic rings. The quantitative estimate of drug-likeness (QED) is 0.508. The number of rotatable bonds is 5. The van der Waals surface area contributed by atoms with Gasteiger partial charge in [0.2, 0.25) is 0 Å². The zero-order valence-electron chi connectivity index (χ0n) is 18.8. The molecule has 164 valence electrons. The Morgan fingerprint density at radius 2 is 1.75 bits per heavy atom. The molecule has 0 fully saturated rings. The van der Waals surface area contributed by atoms with Crippen LogP contribution in [0.25, 0.3) is 22.2 Å². The third kappa shape index (κ3) is 3.56. The molecule has 0 amide bonds. The Balaban J connectivity index is 1.92. The van der Waals surface area contributed by atoms with Crippen molar-refractivity contribution >= 4 is 16.7 Å². The number of anilines is 1. The first-order valence-corrected chi connectivity index (χ1v) is 10.3. The van der Waals surface area contributed by atoms with Crippen molar-refractivity contribution < 1.29 is 9.47 Å². The van der Waals surface area contributed by atoms with Gasteiger partial charge in [-0.15, -0.1) is 0 Å². The minimum atomic E-state index is -0.219. The number of pyridine rings is 1. The Morgan fingerprint density at radius 1 is 1.03 bits per heavy atom. The van der Waals surface area contributed by atoms with Gasteiger partial charge in [0.25, 0.3) is 5.56 Å². The number of nitrogen functional groups attached to an aromatic ring is 1. The number of nitrogens with zero attached hydrogens (tertiary/aromatic N) is 3. The smallest absolute Gasteiger partial charge is 0.261 e. The van der Waals surface area contributed by atoms with Crippen molar-refractivity contribution in [3.05, 3.63) is 75.8 Å². The fraction of sp³-hybridized carbons (Fsp3) is 0.240. The summed E-state index contributed by atoms with van der Waals surface area (Å²) < 4.78 is 12.3. The number of aryl methyl sites for hydroxylation is 1. The maximum atomic E-state index is 13.5. The van der Waals surface area contributed by atoms with Crippen LogP contribution >= 0.6 is 0 Å². The fourth-order valence-corrected chi connectivity index (χ4v) is 4.07. The molecule has 7 heteroatoms. The molecule has 0 unspecified atom stereocenters. The molecule has 0 radical (unpaired) electrons. The zero-order valence-corrected chi connectivity index (χ0v) is 18.8. The molecule has 0 saturated carbocycles. The van der Waals surface area contributed by atoms with Crippen molar-refractivity contribution in [2.75, 3.05) is 20.0 Å². The lowest BCUT2D eigenvalue weighted by molar-refractivity contribution is 0.412. The van der Waals surface area contributed by atoms with Crippen LogP contribution in [0.2, 0.25) is 0 Å². The molecular weight excluding hydrogens is 404 g/mol. The van der Waals surface area contributed by atoms with Gasteiger partial charge in [-0.1, -0.05) is 18.2 Å². The number of methoxy groups -OCH3 is 2. The minimum absolute atomic E-state index is 0.174. The fourth-order valence-electron chi connectivity index (χ4n) is 4.07. The van der Waals surface area contributed by atoms with Crippen LogP contribution in [-0.2, 0) is 0 Å². The number of nitrogens with two attached hydrogens (primary N) is 1. The Labute approximate surface area is 186 Å². The summed E-state index contributed by atoms with van der Waals surface area (Å²) in [5, 5.41) is 0.428. The predicted molar refractivity (Wildman–Crippen MR) is 126 cm³/mol. The van der Waals surface area contributed by atoms with Gasteiger partial charge in [0.15, 0.2) is 0 Å². The third-order valence-corrected chi connectivity index (χ3v) is 5.88. The number of ether oxygens (including phenoxy) is 2. The molecule has 4 rings (SSSR count). The molecule has 2 N–H and O–H groups in total. The van der Waals surface area contributed by atoms with Crippen LogP contribution in [0, 0.1) is 13.8 Å². The van der Waals surface area contributed by atoms with Crippen LogP contribution in [0.1, 0.15) is 29.7 Å². The number of hydrogen-bond acceptors (Lipinski definition) is 6. The third-order valence-electron chi connectivity index (χ3n) is 5.88. The molecule has 0 aliphatic heterocycles. The molecule has 0 aliphatic carbocycles. The highest BCUT2D eigenvalue weighted by Gasteiger charge is 2.19. The maximum Gasteiger partial charge on any atom is 0.261 e. The second-order valence-electron chi connectivity index (χ2n) is 7.78. The van der Waals surface area contributed by atoms with Crippen LogP contribution in [0.15, 0.2) is 53.6 Å². The van der Waals surface area contributed by atoms with E-state index in [-0.39, 0.29) is 17.4 Å². The van der Waals surface area contributed by atoms with E-state index < -0.39 is 0 Å². The van der Waals surface area contributed by atoms with Crippen LogP contribution in [-0.4, -0.2) is 28.8 Å². The molecule has 2 heterocycles. The van der Waals surface area contributed by atoms with Crippen molar-refractivity contribution in [1.29, 1.82) is 0 Å². The number of aromatic nitrogens is 3. The molecule has 0 bridgehead atoms. The first-order valence-electron chi connectivity index (χ1n) is 10.3. The molecule has 2 aromatic carbocycles. The summed E-state index contributed by atoms with van der Waals surface area (Å²) in [6.07, 6.45) is 1.58. The average molecular weight is 431 g/mol. The van der Waals surface area contributed by atoms with Crippen LogP contribution in [0.5, 0.6) is 11.5 Å². The van der Waals surface area contributed by atoms with Gasteiger partial charge in [0.1, 0.15) is 22.8 Å². The van der Waals surface area contributed by atoms with E-state index in [9.17, 15) is 4.79 Å². The highest BCUT2D eigenvalue weighted by molar-refractivity contribution is 5.94. The Bertz CT molecular complexity index is 1360. The zero-order chi connectivity index (χ0) is 23.0. The maximum absolute atomic E-state index is 13.5. The first kappa shape index (κ1) is 21.4. The summed E-state index contributed by atoms with van der Waals surface area (Å²) in [6, 6.07) is 12.9. The van der Waals surface area contributed by atoms with Crippen molar-refractivity contribution in [2.45, 2.75) is 26.8 Å². The van der Waals surface area contributed by atoms with Crippen LogP contribution in [0.3, 0.4) is 0 Å². The van der Waals surface area contributed by atoms with Gasteiger partial charge in [0, 0.05) is 11.1 Å². The van der Waals surface area contributed by atoms with Crippen LogP contribution < -0.4 is 20.8 Å². The van der Waals surface area contributed by atoms with Crippen molar-refractivity contribution in [1.82, 2.24) is 14.5 Å². The number of benzene rings is 2. The van der Waals surface area contributed by atoms with E-state index in [1.165, 1.54) is 0 Å². The van der Waals surface area contributed by atoms with Crippen molar-refractivity contribution in [2.24, 2.45) is 0 Å². The molecule has 32 heavy (non-hydrogen) atoms. The summed E-state index contributed by atoms with van der Waals surface area (Å²) >= 11 is 0. The molecular formula is C25H26N4O3. The molecule has 0 aliphatic rings. The van der Waals surface area contributed by atoms with Gasteiger partial charge in [0.05, 0.1) is 37.7 Å². The van der Waals surface area contributed by atoms with E-state index in [0.29, 0.717) is 16.6 Å². The minimum Gasteiger partial charge on any atom is -0.497 e. The van der Waals surface area contributed by atoms with Gasteiger partial charge < -0.3 is 15.2 Å². The van der Waals surface area contributed by atoms with Crippen molar-refractivity contribution in [3.8, 4) is 22.8 Å². The molecule has 0 saturated heterocycles. The van der Waals surface area contributed by atoms with E-state index in [0.717, 1.165) is 33.8 Å². The highest BCUT2D eigenvalue weighted by Crippen LogP contribution is 2.35. The van der Waals surface area contributed by atoms with E-state index in [2.05, 4.69) is 9.97 Å². The normalized spacial score (nSPS) is 12.0. The second-order valence-corrected chi connectivity index (χ2v) is 7.78. The highest BCUT2D eigenvalue weighted by atomic mass is 16.5. The van der Waals surface area contributed by atoms with Crippen molar-refractivity contribution in [3.63, 3.8) is 0 Å². The predicted octanol–water partition coefficient (Wildman–Crippen LogP) is 4.28. The Hall–Kier alpha value is -3.87. The molecule has 2 aromatic heterocycles. The Morgan fingerprint density at radius 3 is 2.41 bits per heavy atom. The lowest BCUT2D eigenvalue weighted by atomic mass is 9.97. The monoisotopic (exact) mass is 430 g/mol. The standard InChI is InChI=1S/C25H26N4O3/c1-14-6-11-20(32-5)15(2)22(14)24-23-19(12-21(26)28-24)25(30)29(13-27-23)16(3)17-7-9-18(31-4)10-8-17/h6-13,16H,1-5H3,(H2,26,28)/t16-/m1/s1. The molecule has 1 atom stereocenters. The molecule has 7 nitrogen and oxygen atoms in total. The van der Waals surface area contributed by atoms with Gasteiger partial charge in [-0.05, 0) is 56.2 Å². The second kappa shape index (κ2) is 8.34. The van der Waals surface area contributed by atoms with E-state index in [1.54, 1.807) is 31.2 Å². The van der Waals surface area contributed by atoms with Crippen LogP contribution in [0.4, 0.5) is 5.82 Å². The van der Waals surface area contributed by atoms with Gasteiger partial charge in [-0.3, -0.25) is 9.36 Å². The summed E-state index contributed by atoms with van der Waals surface area (Å²) in [4.78, 5) is 22.7. The number of fused-ring (bicyclic) bond motifs is 1. The van der Waals surface area contributed by atoms with E-state index >= 15 is 0 Å². The summed E-state index contributed by atoms with van der Waals surface area (Å²) in [7, 11) is 3.25. The number of hydrogen-bond donors (Lipinski definition) is 1. The topological polar surface area (TPSA) is 92.3 Å². The summed E-state index contributed by atoms with van der Waals surface area (Å²) in [5.41, 5.74) is 10.8. The lowest BCUT2D eigenvalue weighted by Gasteiger charge is -2.18. The SMILES string of the molecule is COc1ccc([C@@H](C)n2cnc3c(-c4c(C)ccc(OC)c4C)nc(N)cc3c2=O)cc1. The van der Waals surface area contributed by atoms with Gasteiger partial charge in [-0.2, -0.15) is 0 Å². The van der Waals surface area contributed by atoms with E-state index in [4.69, 9.17) is 15.2 Å². The summed E-state index contributed by atoms with van der Waals surface area (Å²) in [5.74, 6) is 1.77. The Kier molecular flexibility index (Phi) is 5.57. The molecule has 0 spiro atoms.